The fourth-order valence-corrected chi connectivity index (χ4v) is 3.35. The molecule has 0 saturated heterocycles. The van der Waals surface area contributed by atoms with Gasteiger partial charge < -0.3 is 5.32 Å². The van der Waals surface area contributed by atoms with Crippen molar-refractivity contribution >= 4 is 22.9 Å². The Labute approximate surface area is 122 Å². The third-order valence-corrected chi connectivity index (χ3v) is 4.40. The summed E-state index contributed by atoms with van der Waals surface area (Å²) in [5, 5.41) is 10.6. The van der Waals surface area contributed by atoms with E-state index in [-0.39, 0.29) is 6.04 Å². The Hall–Kier alpha value is -0.910. The van der Waals surface area contributed by atoms with Crippen LogP contribution in [0.15, 0.2) is 17.8 Å². The van der Waals surface area contributed by atoms with E-state index in [0.717, 1.165) is 36.8 Å². The van der Waals surface area contributed by atoms with Gasteiger partial charge in [0.05, 0.1) is 11.1 Å². The second kappa shape index (κ2) is 7.03. The van der Waals surface area contributed by atoms with Gasteiger partial charge in [-0.05, 0) is 24.4 Å². The minimum absolute atomic E-state index is 0.206. The molecule has 1 unspecified atom stereocenters. The van der Waals surface area contributed by atoms with E-state index >= 15 is 0 Å². The van der Waals surface area contributed by atoms with E-state index in [9.17, 15) is 0 Å². The quantitative estimate of drug-likeness (QED) is 0.853. The highest BCUT2D eigenvalue weighted by Gasteiger charge is 2.18. The maximum Gasteiger partial charge on any atom is 0.138 e. The molecule has 2 heterocycles. The van der Waals surface area contributed by atoms with E-state index in [1.165, 1.54) is 4.88 Å². The zero-order valence-corrected chi connectivity index (χ0v) is 12.8. The lowest BCUT2D eigenvalue weighted by atomic mass is 10.1. The van der Waals surface area contributed by atoms with E-state index in [4.69, 9.17) is 11.6 Å². The molecule has 2 aromatic heterocycles. The highest BCUT2D eigenvalue weighted by Crippen LogP contribution is 2.30. The van der Waals surface area contributed by atoms with E-state index in [0.29, 0.717) is 0 Å². The summed E-state index contributed by atoms with van der Waals surface area (Å²) in [6, 6.07) is 2.15. The third-order valence-electron chi connectivity index (χ3n) is 2.93. The monoisotopic (exact) mass is 298 g/mol. The number of thiophene rings is 1. The summed E-state index contributed by atoms with van der Waals surface area (Å²) < 4.78 is 1.98. The van der Waals surface area contributed by atoms with Gasteiger partial charge in [-0.25, -0.2) is 4.98 Å². The van der Waals surface area contributed by atoms with E-state index < -0.39 is 0 Å². The fraction of sp³-hybridized carbons (Fsp3) is 0.538. The lowest BCUT2D eigenvalue weighted by molar-refractivity contribution is 0.503. The van der Waals surface area contributed by atoms with Gasteiger partial charge in [0.25, 0.3) is 0 Å². The van der Waals surface area contributed by atoms with E-state index in [2.05, 4.69) is 29.2 Å². The Balaban J connectivity index is 2.17. The van der Waals surface area contributed by atoms with Crippen molar-refractivity contribution in [2.45, 2.75) is 39.3 Å². The molecule has 0 saturated carbocycles. The Morgan fingerprint density at radius 3 is 2.95 bits per heavy atom. The predicted octanol–water partition coefficient (Wildman–Crippen LogP) is 3.30. The Morgan fingerprint density at radius 2 is 2.32 bits per heavy atom. The van der Waals surface area contributed by atoms with Crippen LogP contribution < -0.4 is 5.32 Å². The van der Waals surface area contributed by atoms with Gasteiger partial charge in [-0.15, -0.1) is 11.3 Å². The van der Waals surface area contributed by atoms with E-state index in [1.54, 1.807) is 17.7 Å². The normalized spacial score (nSPS) is 12.8. The van der Waals surface area contributed by atoms with Crippen molar-refractivity contribution in [2.75, 3.05) is 6.54 Å². The predicted molar refractivity (Wildman–Crippen MR) is 79.8 cm³/mol. The standard InChI is InChI=1S/C13H19ClN4S/c1-3-6-18-12(16-9-17-18)8-11(15-4-2)13-10(14)5-7-19-13/h5,7,9,11,15H,3-4,6,8H2,1-2H3. The molecule has 2 aromatic rings. The van der Waals surface area contributed by atoms with Crippen LogP contribution in [0.5, 0.6) is 0 Å². The molecule has 0 fully saturated rings. The van der Waals surface area contributed by atoms with Gasteiger partial charge in [0.1, 0.15) is 12.2 Å². The maximum absolute atomic E-state index is 6.24. The molecule has 0 spiro atoms. The average molecular weight is 299 g/mol. The number of aromatic nitrogens is 3. The molecular weight excluding hydrogens is 280 g/mol. The molecule has 0 amide bonds. The molecule has 104 valence electrons. The van der Waals surface area contributed by atoms with Crippen molar-refractivity contribution in [1.82, 2.24) is 20.1 Å². The first-order chi connectivity index (χ1) is 9.26. The molecule has 0 aliphatic heterocycles. The Bertz CT molecular complexity index is 508. The summed E-state index contributed by atoms with van der Waals surface area (Å²) in [5.74, 6) is 1.01. The Morgan fingerprint density at radius 1 is 1.47 bits per heavy atom. The van der Waals surface area contributed by atoms with Crippen LogP contribution >= 0.6 is 22.9 Å². The van der Waals surface area contributed by atoms with Crippen LogP contribution in [-0.4, -0.2) is 21.3 Å². The number of rotatable bonds is 7. The molecule has 19 heavy (non-hydrogen) atoms. The summed E-state index contributed by atoms with van der Waals surface area (Å²) in [4.78, 5) is 5.55. The number of likely N-dealkylation sites (N-methyl/N-ethyl adjacent to an activating group) is 1. The molecule has 4 nitrogen and oxygen atoms in total. The zero-order valence-electron chi connectivity index (χ0n) is 11.3. The van der Waals surface area contributed by atoms with Crippen LogP contribution in [0.2, 0.25) is 5.02 Å². The molecule has 0 bridgehead atoms. The smallest absolute Gasteiger partial charge is 0.138 e. The minimum atomic E-state index is 0.206. The van der Waals surface area contributed by atoms with Crippen LogP contribution in [0.1, 0.15) is 37.0 Å². The number of nitrogens with zero attached hydrogens (tertiary/aromatic N) is 3. The molecule has 2 rings (SSSR count). The first-order valence-corrected chi connectivity index (χ1v) is 7.85. The SMILES string of the molecule is CCCn1ncnc1CC(NCC)c1sccc1Cl. The fourth-order valence-electron chi connectivity index (χ4n) is 2.09. The van der Waals surface area contributed by atoms with Gasteiger partial charge in [0, 0.05) is 17.8 Å². The average Bonchev–Trinajstić information content (AvgIpc) is 2.99. The van der Waals surface area contributed by atoms with E-state index in [1.807, 2.05) is 16.1 Å². The van der Waals surface area contributed by atoms with Gasteiger partial charge in [-0.2, -0.15) is 5.10 Å². The number of halogens is 1. The number of hydrogen-bond donors (Lipinski definition) is 1. The van der Waals surface area contributed by atoms with Crippen LogP contribution in [0.4, 0.5) is 0 Å². The minimum Gasteiger partial charge on any atom is -0.309 e. The highest BCUT2D eigenvalue weighted by atomic mass is 35.5. The number of nitrogens with one attached hydrogen (secondary N) is 1. The summed E-state index contributed by atoms with van der Waals surface area (Å²) in [6.07, 6.45) is 3.50. The molecule has 0 radical (unpaired) electrons. The molecule has 1 atom stereocenters. The molecule has 0 aromatic carbocycles. The van der Waals surface area contributed by atoms with Crippen LogP contribution in [0.3, 0.4) is 0 Å². The number of hydrogen-bond acceptors (Lipinski definition) is 4. The lowest BCUT2D eigenvalue weighted by Gasteiger charge is -2.17. The van der Waals surface area contributed by atoms with Crippen LogP contribution in [0, 0.1) is 0 Å². The van der Waals surface area contributed by atoms with Crippen molar-refractivity contribution in [1.29, 1.82) is 0 Å². The van der Waals surface area contributed by atoms with Gasteiger partial charge >= 0.3 is 0 Å². The summed E-state index contributed by atoms with van der Waals surface area (Å²) >= 11 is 7.93. The van der Waals surface area contributed by atoms with Gasteiger partial charge in [-0.1, -0.05) is 25.4 Å². The van der Waals surface area contributed by atoms with Gasteiger partial charge in [-0.3, -0.25) is 4.68 Å². The molecule has 1 N–H and O–H groups in total. The summed E-state index contributed by atoms with van der Waals surface area (Å²) in [6.45, 7) is 6.06. The largest absolute Gasteiger partial charge is 0.309 e. The highest BCUT2D eigenvalue weighted by molar-refractivity contribution is 7.10. The van der Waals surface area contributed by atoms with Gasteiger partial charge in [0.15, 0.2) is 0 Å². The van der Waals surface area contributed by atoms with Crippen LogP contribution in [0.25, 0.3) is 0 Å². The second-order valence-corrected chi connectivity index (χ2v) is 5.70. The zero-order chi connectivity index (χ0) is 13.7. The van der Waals surface area contributed by atoms with Gasteiger partial charge in [0.2, 0.25) is 0 Å². The first kappa shape index (κ1) is 14.5. The number of aryl methyl sites for hydroxylation is 1. The second-order valence-electron chi connectivity index (χ2n) is 4.35. The summed E-state index contributed by atoms with van der Waals surface area (Å²) in [5.41, 5.74) is 0. The summed E-state index contributed by atoms with van der Waals surface area (Å²) in [7, 11) is 0. The third kappa shape index (κ3) is 3.55. The molecule has 6 heteroatoms. The van der Waals surface area contributed by atoms with Crippen molar-refractivity contribution < 1.29 is 0 Å². The topological polar surface area (TPSA) is 42.7 Å². The molecule has 0 aliphatic rings. The molecule has 0 aliphatic carbocycles. The van der Waals surface area contributed by atoms with Crippen molar-refractivity contribution in [3.63, 3.8) is 0 Å². The van der Waals surface area contributed by atoms with Crippen molar-refractivity contribution in [3.05, 3.63) is 33.5 Å². The van der Waals surface area contributed by atoms with Crippen molar-refractivity contribution in [3.8, 4) is 0 Å². The lowest BCUT2D eigenvalue weighted by Crippen LogP contribution is -2.24. The Kier molecular flexibility index (Phi) is 5.36. The maximum atomic E-state index is 6.24. The molecular formula is C13H19ClN4S. The van der Waals surface area contributed by atoms with Crippen molar-refractivity contribution in [2.24, 2.45) is 0 Å². The first-order valence-electron chi connectivity index (χ1n) is 6.59. The van der Waals surface area contributed by atoms with Crippen LogP contribution in [-0.2, 0) is 13.0 Å².